The topological polar surface area (TPSA) is 37.1 Å². The van der Waals surface area contributed by atoms with Gasteiger partial charge in [-0.25, -0.2) is 8.42 Å². The van der Waals surface area contributed by atoms with Crippen molar-refractivity contribution in [3.8, 4) is 0 Å². The van der Waals surface area contributed by atoms with Gasteiger partial charge in [0.25, 0.3) is 0 Å². The molecule has 2 aliphatic rings. The Balaban J connectivity index is 1.74. The molecule has 0 bridgehead atoms. The van der Waals surface area contributed by atoms with Crippen molar-refractivity contribution in [2.45, 2.75) is 50.0 Å². The molecule has 104 valence electrons. The lowest BCUT2D eigenvalue weighted by molar-refractivity contribution is 0.336. The molecule has 1 aliphatic heterocycles. The van der Waals surface area contributed by atoms with Gasteiger partial charge in [-0.2, -0.15) is 4.31 Å². The zero-order valence-electron chi connectivity index (χ0n) is 11.4. The van der Waals surface area contributed by atoms with E-state index in [2.05, 4.69) is 0 Å². The van der Waals surface area contributed by atoms with E-state index in [1.165, 1.54) is 32.1 Å². The number of nitrogens with zero attached hydrogens (tertiary/aromatic N) is 1. The largest absolute Gasteiger partial charge is 0.243 e. The molecule has 1 saturated heterocycles. The summed E-state index contributed by atoms with van der Waals surface area (Å²) in [7, 11) is -3.25. The fourth-order valence-corrected chi connectivity index (χ4v) is 4.79. The molecular weight excluding hydrogens is 258 g/mol. The van der Waals surface area contributed by atoms with Crippen LogP contribution in [0.3, 0.4) is 0 Å². The van der Waals surface area contributed by atoms with E-state index in [4.69, 9.17) is 0 Å². The predicted octanol–water partition coefficient (Wildman–Crippen LogP) is 2.95. The Morgan fingerprint density at radius 3 is 2.32 bits per heavy atom. The van der Waals surface area contributed by atoms with E-state index in [1.54, 1.807) is 16.4 Å². The van der Waals surface area contributed by atoms with Crippen molar-refractivity contribution >= 4 is 10.0 Å². The molecule has 2 atom stereocenters. The molecule has 1 heterocycles. The summed E-state index contributed by atoms with van der Waals surface area (Å²) in [6.07, 6.45) is 6.24. The third kappa shape index (κ3) is 2.56. The Kier molecular flexibility index (Phi) is 3.39. The number of aryl methyl sites for hydroxylation is 1. The molecule has 1 aromatic rings. The first-order chi connectivity index (χ1) is 9.09. The molecule has 3 rings (SSSR count). The Morgan fingerprint density at radius 2 is 1.68 bits per heavy atom. The minimum Gasteiger partial charge on any atom is -0.207 e. The number of hydrogen-bond acceptors (Lipinski definition) is 2. The summed E-state index contributed by atoms with van der Waals surface area (Å²) in [6.45, 7) is 2.69. The van der Waals surface area contributed by atoms with Crippen LogP contribution in [0.25, 0.3) is 0 Å². The van der Waals surface area contributed by atoms with E-state index in [1.807, 2.05) is 19.1 Å². The summed E-state index contributed by atoms with van der Waals surface area (Å²) in [5.74, 6) is 0.592. The molecule has 19 heavy (non-hydrogen) atoms. The molecular formula is C15H21NO2S. The fourth-order valence-electron chi connectivity index (χ4n) is 3.16. The SMILES string of the molecule is Cc1ccc(S(=O)(=O)N2CC2C2CCCCC2)cc1. The number of rotatable bonds is 3. The summed E-state index contributed by atoms with van der Waals surface area (Å²) in [6, 6.07) is 7.45. The second kappa shape index (κ2) is 4.91. The predicted molar refractivity (Wildman–Crippen MR) is 75.4 cm³/mol. The van der Waals surface area contributed by atoms with Gasteiger partial charge < -0.3 is 0 Å². The third-order valence-electron chi connectivity index (χ3n) is 4.42. The van der Waals surface area contributed by atoms with Gasteiger partial charge in [-0.1, -0.05) is 37.0 Å². The highest BCUT2D eigenvalue weighted by Crippen LogP contribution is 2.39. The van der Waals surface area contributed by atoms with Crippen LogP contribution in [0.15, 0.2) is 29.2 Å². The van der Waals surface area contributed by atoms with Crippen LogP contribution >= 0.6 is 0 Å². The lowest BCUT2D eigenvalue weighted by Crippen LogP contribution is -2.21. The van der Waals surface area contributed by atoms with Gasteiger partial charge in [0.2, 0.25) is 10.0 Å². The molecule has 0 radical (unpaired) electrons. The van der Waals surface area contributed by atoms with E-state index < -0.39 is 10.0 Å². The first-order valence-electron chi connectivity index (χ1n) is 7.17. The van der Waals surface area contributed by atoms with Gasteiger partial charge in [0.05, 0.1) is 4.90 Å². The molecule has 1 aromatic carbocycles. The van der Waals surface area contributed by atoms with Crippen molar-refractivity contribution in [1.82, 2.24) is 4.31 Å². The highest BCUT2D eigenvalue weighted by atomic mass is 32.2. The van der Waals surface area contributed by atoms with E-state index in [9.17, 15) is 8.42 Å². The summed E-state index contributed by atoms with van der Waals surface area (Å²) in [4.78, 5) is 0.441. The maximum atomic E-state index is 12.5. The second-order valence-corrected chi connectivity index (χ2v) is 7.74. The average Bonchev–Trinajstić information content (AvgIpc) is 3.21. The van der Waals surface area contributed by atoms with Gasteiger partial charge in [0.1, 0.15) is 0 Å². The van der Waals surface area contributed by atoms with Gasteiger partial charge in [0.15, 0.2) is 0 Å². The molecule has 0 aromatic heterocycles. The van der Waals surface area contributed by atoms with E-state index >= 15 is 0 Å². The Labute approximate surface area is 115 Å². The van der Waals surface area contributed by atoms with Crippen molar-refractivity contribution in [1.29, 1.82) is 0 Å². The minimum absolute atomic E-state index is 0.270. The molecule has 0 N–H and O–H groups in total. The molecule has 2 unspecified atom stereocenters. The lowest BCUT2D eigenvalue weighted by Gasteiger charge is -2.21. The quantitative estimate of drug-likeness (QED) is 0.798. The van der Waals surface area contributed by atoms with Crippen molar-refractivity contribution in [3.63, 3.8) is 0 Å². The summed E-state index contributed by atoms with van der Waals surface area (Å²) >= 11 is 0. The van der Waals surface area contributed by atoms with Crippen molar-refractivity contribution < 1.29 is 8.42 Å². The van der Waals surface area contributed by atoms with Crippen LogP contribution in [-0.4, -0.2) is 25.3 Å². The zero-order chi connectivity index (χ0) is 13.5. The highest BCUT2D eigenvalue weighted by molar-refractivity contribution is 7.89. The van der Waals surface area contributed by atoms with Gasteiger partial charge >= 0.3 is 0 Å². The summed E-state index contributed by atoms with van der Waals surface area (Å²) < 4.78 is 26.7. The van der Waals surface area contributed by atoms with Crippen molar-refractivity contribution in [2.24, 2.45) is 5.92 Å². The number of sulfonamides is 1. The van der Waals surface area contributed by atoms with E-state index in [0.29, 0.717) is 10.8 Å². The van der Waals surface area contributed by atoms with Crippen LogP contribution in [0.5, 0.6) is 0 Å². The monoisotopic (exact) mass is 279 g/mol. The van der Waals surface area contributed by atoms with E-state index in [-0.39, 0.29) is 6.04 Å². The summed E-state index contributed by atoms with van der Waals surface area (Å²) in [5, 5.41) is 0. The lowest BCUT2D eigenvalue weighted by atomic mass is 9.87. The van der Waals surface area contributed by atoms with Crippen LogP contribution in [0, 0.1) is 12.8 Å². The number of hydrogen-bond donors (Lipinski definition) is 0. The molecule has 0 amide bonds. The minimum atomic E-state index is -3.25. The highest BCUT2D eigenvalue weighted by Gasteiger charge is 2.48. The Hall–Kier alpha value is -0.870. The Morgan fingerprint density at radius 1 is 1.05 bits per heavy atom. The second-order valence-electron chi connectivity index (χ2n) is 5.85. The van der Waals surface area contributed by atoms with Crippen LogP contribution < -0.4 is 0 Å². The fraction of sp³-hybridized carbons (Fsp3) is 0.600. The van der Waals surface area contributed by atoms with Gasteiger partial charge in [0, 0.05) is 12.6 Å². The first-order valence-corrected chi connectivity index (χ1v) is 8.61. The van der Waals surface area contributed by atoms with Crippen LogP contribution in [0.2, 0.25) is 0 Å². The maximum absolute atomic E-state index is 12.5. The Bertz CT molecular complexity index is 544. The molecule has 2 fully saturated rings. The van der Waals surface area contributed by atoms with Crippen LogP contribution in [-0.2, 0) is 10.0 Å². The standard InChI is InChI=1S/C15H21NO2S/c1-12-7-9-14(10-8-12)19(17,18)16-11-15(16)13-5-3-2-4-6-13/h7-10,13,15H,2-6,11H2,1H3. The van der Waals surface area contributed by atoms with E-state index in [0.717, 1.165) is 12.1 Å². The van der Waals surface area contributed by atoms with Crippen molar-refractivity contribution in [2.75, 3.05) is 6.54 Å². The normalized spacial score (nSPS) is 28.3. The van der Waals surface area contributed by atoms with Gasteiger partial charge in [-0.3, -0.25) is 0 Å². The smallest absolute Gasteiger partial charge is 0.207 e. The van der Waals surface area contributed by atoms with Crippen LogP contribution in [0.4, 0.5) is 0 Å². The summed E-state index contributed by atoms with van der Waals surface area (Å²) in [5.41, 5.74) is 1.09. The molecule has 4 heteroatoms. The first kappa shape index (κ1) is 13.1. The number of benzene rings is 1. The average molecular weight is 279 g/mol. The van der Waals surface area contributed by atoms with Gasteiger partial charge in [-0.05, 0) is 37.8 Å². The third-order valence-corrected chi connectivity index (χ3v) is 6.33. The molecule has 0 spiro atoms. The molecule has 1 aliphatic carbocycles. The van der Waals surface area contributed by atoms with Gasteiger partial charge in [-0.15, -0.1) is 0 Å². The zero-order valence-corrected chi connectivity index (χ0v) is 12.2. The van der Waals surface area contributed by atoms with Crippen molar-refractivity contribution in [3.05, 3.63) is 29.8 Å². The molecule has 1 saturated carbocycles. The maximum Gasteiger partial charge on any atom is 0.243 e. The van der Waals surface area contributed by atoms with Crippen LogP contribution in [0.1, 0.15) is 37.7 Å². The molecule has 3 nitrogen and oxygen atoms in total.